The monoisotopic (exact) mass is 208 g/mol. The van der Waals surface area contributed by atoms with Crippen LogP contribution >= 0.6 is 0 Å². The lowest BCUT2D eigenvalue weighted by Gasteiger charge is -2.01. The highest BCUT2D eigenvalue weighted by Gasteiger charge is 1.93. The van der Waals surface area contributed by atoms with Gasteiger partial charge in [-0.2, -0.15) is 0 Å². The Balaban J connectivity index is 1.93. The third kappa shape index (κ3) is 6.27. The van der Waals surface area contributed by atoms with Crippen molar-refractivity contribution in [1.29, 1.82) is 0 Å². The lowest BCUT2D eigenvalue weighted by molar-refractivity contribution is 0.450. The molecule has 0 aliphatic heterocycles. The van der Waals surface area contributed by atoms with Gasteiger partial charge in [0.2, 0.25) is 0 Å². The second-order valence-electron chi connectivity index (χ2n) is 4.05. The molecule has 0 atom stereocenters. The Morgan fingerprint density at radius 2 is 1.33 bits per heavy atom. The van der Waals surface area contributed by atoms with Crippen LogP contribution in [0, 0.1) is 0 Å². The van der Waals surface area contributed by atoms with Crippen LogP contribution in [0.1, 0.15) is 44.1 Å². The van der Waals surface area contributed by atoms with Gasteiger partial charge in [-0.3, -0.25) is 4.39 Å². The molecule has 0 nitrogen and oxygen atoms in total. The summed E-state index contributed by atoms with van der Waals surface area (Å²) < 4.78 is 11.8. The molecule has 0 aliphatic rings. The van der Waals surface area contributed by atoms with E-state index in [2.05, 4.69) is 30.3 Å². The van der Waals surface area contributed by atoms with Gasteiger partial charge in [0.25, 0.3) is 0 Å². The van der Waals surface area contributed by atoms with Crippen LogP contribution in [0.15, 0.2) is 30.3 Å². The zero-order valence-electron chi connectivity index (χ0n) is 9.42. The molecule has 0 saturated carbocycles. The van der Waals surface area contributed by atoms with E-state index in [0.717, 1.165) is 12.8 Å². The van der Waals surface area contributed by atoms with Crippen LogP contribution in [-0.4, -0.2) is 6.67 Å². The topological polar surface area (TPSA) is 0 Å². The highest BCUT2D eigenvalue weighted by Crippen LogP contribution is 2.09. The molecule has 15 heavy (non-hydrogen) atoms. The first-order valence-electron chi connectivity index (χ1n) is 6.03. The Morgan fingerprint density at radius 3 is 2.00 bits per heavy atom. The molecule has 1 heteroatoms. The molecule has 1 aromatic rings. The Morgan fingerprint density at radius 1 is 0.733 bits per heavy atom. The Bertz CT molecular complexity index is 230. The lowest BCUT2D eigenvalue weighted by Crippen LogP contribution is -1.86. The van der Waals surface area contributed by atoms with Crippen LogP contribution in [0.5, 0.6) is 0 Å². The predicted molar refractivity (Wildman–Crippen MR) is 63.8 cm³/mol. The van der Waals surface area contributed by atoms with Gasteiger partial charge in [-0.05, 0) is 24.8 Å². The summed E-state index contributed by atoms with van der Waals surface area (Å²) in [5, 5.41) is 0. The summed E-state index contributed by atoms with van der Waals surface area (Å²) in [4.78, 5) is 0. The molecular weight excluding hydrogens is 187 g/mol. The number of benzene rings is 1. The van der Waals surface area contributed by atoms with E-state index < -0.39 is 0 Å². The fraction of sp³-hybridized carbons (Fsp3) is 0.571. The maximum Gasteiger partial charge on any atom is 0.0894 e. The van der Waals surface area contributed by atoms with Crippen molar-refractivity contribution >= 4 is 0 Å². The van der Waals surface area contributed by atoms with Crippen molar-refractivity contribution in [3.63, 3.8) is 0 Å². The number of aryl methyl sites for hydroxylation is 1. The second kappa shape index (κ2) is 8.46. The van der Waals surface area contributed by atoms with Crippen LogP contribution in [0.2, 0.25) is 0 Å². The SMILES string of the molecule is FCCCCCCCCc1ccccc1. The average Bonchev–Trinajstić information content (AvgIpc) is 2.29. The number of unbranched alkanes of at least 4 members (excludes halogenated alkanes) is 5. The van der Waals surface area contributed by atoms with Crippen LogP contribution in [0.25, 0.3) is 0 Å². The summed E-state index contributed by atoms with van der Waals surface area (Å²) in [6.45, 7) is -0.149. The molecule has 84 valence electrons. The van der Waals surface area contributed by atoms with Gasteiger partial charge in [-0.15, -0.1) is 0 Å². The van der Waals surface area contributed by atoms with Crippen molar-refractivity contribution < 1.29 is 4.39 Å². The van der Waals surface area contributed by atoms with Crippen molar-refractivity contribution in [3.05, 3.63) is 35.9 Å². The second-order valence-corrected chi connectivity index (χ2v) is 4.05. The van der Waals surface area contributed by atoms with Gasteiger partial charge in [0.1, 0.15) is 0 Å². The summed E-state index contributed by atoms with van der Waals surface area (Å²) in [5.74, 6) is 0. The molecule has 1 aromatic carbocycles. The molecule has 0 N–H and O–H groups in total. The van der Waals surface area contributed by atoms with E-state index in [1.54, 1.807) is 0 Å². The summed E-state index contributed by atoms with van der Waals surface area (Å²) in [6.07, 6.45) is 7.98. The average molecular weight is 208 g/mol. The van der Waals surface area contributed by atoms with E-state index in [0.29, 0.717) is 0 Å². The van der Waals surface area contributed by atoms with Crippen molar-refractivity contribution in [1.82, 2.24) is 0 Å². The normalized spacial score (nSPS) is 10.5. The van der Waals surface area contributed by atoms with Crippen molar-refractivity contribution in [2.75, 3.05) is 6.67 Å². The van der Waals surface area contributed by atoms with Crippen molar-refractivity contribution in [2.24, 2.45) is 0 Å². The number of halogens is 1. The molecule has 0 amide bonds. The van der Waals surface area contributed by atoms with Gasteiger partial charge < -0.3 is 0 Å². The standard InChI is InChI=1S/C14H21F/c15-13-9-4-2-1-3-6-10-14-11-7-5-8-12-14/h5,7-8,11-12H,1-4,6,9-10,13H2. The van der Waals surface area contributed by atoms with E-state index in [1.807, 2.05) is 0 Å². The first-order valence-corrected chi connectivity index (χ1v) is 6.03. The first kappa shape index (κ1) is 12.2. The van der Waals surface area contributed by atoms with Crippen molar-refractivity contribution in [2.45, 2.75) is 44.9 Å². The number of rotatable bonds is 8. The van der Waals surface area contributed by atoms with E-state index >= 15 is 0 Å². The molecule has 0 heterocycles. The molecule has 0 aliphatic carbocycles. The summed E-state index contributed by atoms with van der Waals surface area (Å²) >= 11 is 0. The summed E-state index contributed by atoms with van der Waals surface area (Å²) in [5.41, 5.74) is 1.43. The molecule has 0 spiro atoms. The van der Waals surface area contributed by atoms with Crippen molar-refractivity contribution in [3.8, 4) is 0 Å². The molecule has 0 fully saturated rings. The number of alkyl halides is 1. The third-order valence-corrected chi connectivity index (χ3v) is 2.69. The zero-order chi connectivity index (χ0) is 10.8. The Hall–Kier alpha value is -0.850. The maximum absolute atomic E-state index is 11.8. The van der Waals surface area contributed by atoms with Crippen LogP contribution < -0.4 is 0 Å². The molecular formula is C14H21F. The molecule has 0 radical (unpaired) electrons. The van der Waals surface area contributed by atoms with Crippen LogP contribution in [0.3, 0.4) is 0 Å². The predicted octanol–water partition coefficient (Wildman–Crippen LogP) is 4.54. The lowest BCUT2D eigenvalue weighted by atomic mass is 10.1. The van der Waals surface area contributed by atoms with Crippen LogP contribution in [0.4, 0.5) is 4.39 Å². The molecule has 1 rings (SSSR count). The van der Waals surface area contributed by atoms with Gasteiger partial charge >= 0.3 is 0 Å². The maximum atomic E-state index is 11.8. The first-order chi connectivity index (χ1) is 7.43. The van der Waals surface area contributed by atoms with E-state index in [4.69, 9.17) is 0 Å². The highest BCUT2D eigenvalue weighted by molar-refractivity contribution is 5.14. The fourth-order valence-corrected chi connectivity index (χ4v) is 1.78. The minimum atomic E-state index is -0.149. The van der Waals surface area contributed by atoms with Gasteiger partial charge in [0.05, 0.1) is 6.67 Å². The van der Waals surface area contributed by atoms with Gasteiger partial charge in [0, 0.05) is 0 Å². The summed E-state index contributed by atoms with van der Waals surface area (Å²) in [6, 6.07) is 10.6. The van der Waals surface area contributed by atoms with Gasteiger partial charge in [-0.25, -0.2) is 0 Å². The largest absolute Gasteiger partial charge is 0.251 e. The molecule has 0 aromatic heterocycles. The van der Waals surface area contributed by atoms with E-state index in [1.165, 1.54) is 37.7 Å². The third-order valence-electron chi connectivity index (χ3n) is 2.69. The van der Waals surface area contributed by atoms with Crippen LogP contribution in [-0.2, 0) is 6.42 Å². The Labute approximate surface area is 92.5 Å². The zero-order valence-corrected chi connectivity index (χ0v) is 9.42. The van der Waals surface area contributed by atoms with Gasteiger partial charge in [0.15, 0.2) is 0 Å². The molecule has 0 saturated heterocycles. The number of hydrogen-bond acceptors (Lipinski definition) is 0. The minimum Gasteiger partial charge on any atom is -0.251 e. The molecule has 0 bridgehead atoms. The van der Waals surface area contributed by atoms with E-state index in [-0.39, 0.29) is 6.67 Å². The smallest absolute Gasteiger partial charge is 0.0894 e. The highest BCUT2D eigenvalue weighted by atomic mass is 19.1. The molecule has 0 unspecified atom stereocenters. The van der Waals surface area contributed by atoms with E-state index in [9.17, 15) is 4.39 Å². The fourth-order valence-electron chi connectivity index (χ4n) is 1.78. The summed E-state index contributed by atoms with van der Waals surface area (Å²) in [7, 11) is 0. The number of hydrogen-bond donors (Lipinski definition) is 0. The Kier molecular flexibility index (Phi) is 6.89. The quantitative estimate of drug-likeness (QED) is 0.550. The minimum absolute atomic E-state index is 0.149. The van der Waals surface area contributed by atoms with Gasteiger partial charge in [-0.1, -0.05) is 56.0 Å².